The average molecular weight is 118 g/mol. The van der Waals surface area contributed by atoms with E-state index >= 15 is 0 Å². The summed E-state index contributed by atoms with van der Waals surface area (Å²) in [6, 6.07) is 0. The second-order valence-corrected chi connectivity index (χ2v) is 1.83. The minimum absolute atomic E-state index is 0.0810. The lowest BCUT2D eigenvalue weighted by Gasteiger charge is -1.72. The maximum Gasteiger partial charge on any atom is 0.180 e. The SMILES string of the molecule is [2H]c1sc(N)nc1C([2H])([2H])[2H]. The second kappa shape index (κ2) is 1.50. The molecule has 0 atom stereocenters. The molecule has 38 valence electrons. The Morgan fingerprint density at radius 1 is 2.29 bits per heavy atom. The zero-order valence-electron chi connectivity index (χ0n) is 7.43. The molecule has 0 unspecified atom stereocenters. The van der Waals surface area contributed by atoms with E-state index in [2.05, 4.69) is 4.98 Å². The Kier molecular flexibility index (Phi) is 0.373. The number of aromatic nitrogens is 1. The molecule has 0 aromatic carbocycles. The first-order valence-corrected chi connectivity index (χ1v) is 2.46. The highest BCUT2D eigenvalue weighted by atomic mass is 32.1. The number of hydrogen-bond donors (Lipinski definition) is 1. The molecule has 0 fully saturated rings. The Morgan fingerprint density at radius 3 is 3.43 bits per heavy atom. The van der Waals surface area contributed by atoms with Gasteiger partial charge in [0, 0.05) is 9.47 Å². The van der Waals surface area contributed by atoms with Crippen LogP contribution in [0, 0.1) is 6.85 Å². The molecule has 0 radical (unpaired) electrons. The smallest absolute Gasteiger partial charge is 0.180 e. The summed E-state index contributed by atoms with van der Waals surface area (Å²) in [5.41, 5.74) is 5.01. The van der Waals surface area contributed by atoms with Crippen LogP contribution in [0.25, 0.3) is 0 Å². The van der Waals surface area contributed by atoms with Crippen LogP contribution in [0.1, 0.15) is 11.2 Å². The van der Waals surface area contributed by atoms with Gasteiger partial charge >= 0.3 is 0 Å². The van der Waals surface area contributed by atoms with Crippen LogP contribution in [-0.2, 0) is 0 Å². The van der Waals surface area contributed by atoms with E-state index in [9.17, 15) is 0 Å². The zero-order valence-corrected chi connectivity index (χ0v) is 4.25. The van der Waals surface area contributed by atoms with Crippen molar-refractivity contribution in [3.05, 3.63) is 11.1 Å². The van der Waals surface area contributed by atoms with Crippen molar-refractivity contribution in [2.75, 3.05) is 5.73 Å². The Hall–Kier alpha value is -0.570. The third-order valence-electron chi connectivity index (χ3n) is 0.474. The van der Waals surface area contributed by atoms with E-state index in [0.29, 0.717) is 0 Å². The highest BCUT2D eigenvalue weighted by Crippen LogP contribution is 2.08. The van der Waals surface area contributed by atoms with Gasteiger partial charge in [-0.05, 0) is 6.85 Å². The molecule has 0 saturated heterocycles. The molecule has 0 spiro atoms. The standard InChI is InChI=1S/C4H6N2S/c1-3-2-7-4(5)6-3/h2H,1H3,(H2,5,6)/i1D3,2D. The molecule has 2 N–H and O–H groups in total. The maximum absolute atomic E-state index is 7.16. The van der Waals surface area contributed by atoms with E-state index in [-0.39, 0.29) is 16.2 Å². The number of nitrogen functional groups attached to an aromatic ring is 1. The van der Waals surface area contributed by atoms with Crippen molar-refractivity contribution in [3.8, 4) is 0 Å². The predicted octanol–water partition coefficient (Wildman–Crippen LogP) is 1.03. The van der Waals surface area contributed by atoms with Crippen molar-refractivity contribution < 1.29 is 5.48 Å². The molecule has 7 heavy (non-hydrogen) atoms. The van der Waals surface area contributed by atoms with Gasteiger partial charge < -0.3 is 5.73 Å². The summed E-state index contributed by atoms with van der Waals surface area (Å²) in [6.45, 7) is -2.31. The molecule has 0 aliphatic heterocycles. The van der Waals surface area contributed by atoms with E-state index in [1.807, 2.05) is 0 Å². The van der Waals surface area contributed by atoms with Gasteiger partial charge in [-0.25, -0.2) is 4.98 Å². The Bertz CT molecular complexity index is 266. The van der Waals surface area contributed by atoms with Crippen LogP contribution in [-0.4, -0.2) is 4.98 Å². The van der Waals surface area contributed by atoms with Crippen molar-refractivity contribution in [1.29, 1.82) is 0 Å². The second-order valence-electron chi connectivity index (χ2n) is 1.00. The summed E-state index contributed by atoms with van der Waals surface area (Å²) in [5, 5.41) is 0.0450. The van der Waals surface area contributed by atoms with Gasteiger partial charge in [-0.1, -0.05) is 0 Å². The maximum atomic E-state index is 7.16. The lowest BCUT2D eigenvalue weighted by atomic mass is 10.6. The number of nitrogens with two attached hydrogens (primary N) is 1. The molecule has 0 amide bonds. The Morgan fingerprint density at radius 2 is 3.14 bits per heavy atom. The molecule has 1 heterocycles. The molecular formula is C4H6N2S. The van der Waals surface area contributed by atoms with Crippen molar-refractivity contribution >= 4 is 16.5 Å². The molecule has 1 aromatic rings. The molecule has 0 aliphatic carbocycles. The number of hydrogen-bond acceptors (Lipinski definition) is 3. The van der Waals surface area contributed by atoms with Gasteiger partial charge in [0.05, 0.1) is 7.06 Å². The quantitative estimate of drug-likeness (QED) is 0.552. The first kappa shape index (κ1) is 1.74. The van der Waals surface area contributed by atoms with Gasteiger partial charge in [0.2, 0.25) is 0 Å². The number of aryl methyl sites for hydroxylation is 1. The van der Waals surface area contributed by atoms with Crippen molar-refractivity contribution in [2.45, 2.75) is 6.85 Å². The fraction of sp³-hybridized carbons (Fsp3) is 0.250. The molecule has 0 aliphatic rings. The summed E-state index contributed by atoms with van der Waals surface area (Å²) in [5.74, 6) is 0. The molecule has 0 bridgehead atoms. The van der Waals surface area contributed by atoms with Gasteiger partial charge in [0.15, 0.2) is 5.13 Å². The van der Waals surface area contributed by atoms with Gasteiger partial charge in [-0.15, -0.1) is 11.3 Å². The monoisotopic (exact) mass is 118 g/mol. The molecule has 3 heteroatoms. The van der Waals surface area contributed by atoms with Crippen LogP contribution >= 0.6 is 11.3 Å². The van der Waals surface area contributed by atoms with Gasteiger partial charge in [-0.3, -0.25) is 0 Å². The van der Waals surface area contributed by atoms with Crippen LogP contribution in [0.3, 0.4) is 0 Å². The summed E-state index contributed by atoms with van der Waals surface area (Å²) in [4.78, 5) is 3.53. The third-order valence-corrected chi connectivity index (χ3v) is 1.07. The summed E-state index contributed by atoms with van der Waals surface area (Å²) < 4.78 is 28.0. The van der Waals surface area contributed by atoms with E-state index in [0.717, 1.165) is 11.3 Å². The molecule has 1 rings (SSSR count). The van der Waals surface area contributed by atoms with Crippen molar-refractivity contribution in [1.82, 2.24) is 4.98 Å². The average Bonchev–Trinajstić information content (AvgIpc) is 2.08. The third kappa shape index (κ3) is 0.899. The summed E-state index contributed by atoms with van der Waals surface area (Å²) >= 11 is 0.869. The fourth-order valence-electron chi connectivity index (χ4n) is 0.256. The van der Waals surface area contributed by atoms with Crippen LogP contribution in [0.5, 0.6) is 0 Å². The van der Waals surface area contributed by atoms with Crippen molar-refractivity contribution in [2.24, 2.45) is 0 Å². The van der Waals surface area contributed by atoms with Crippen LogP contribution in [0.15, 0.2) is 5.36 Å². The highest BCUT2D eigenvalue weighted by molar-refractivity contribution is 7.13. The lowest BCUT2D eigenvalue weighted by Crippen LogP contribution is -1.80. The van der Waals surface area contributed by atoms with Gasteiger partial charge in [0.25, 0.3) is 0 Å². The Balaban J connectivity index is 3.13. The predicted molar refractivity (Wildman–Crippen MR) is 31.3 cm³/mol. The van der Waals surface area contributed by atoms with Gasteiger partial charge in [0.1, 0.15) is 0 Å². The number of anilines is 1. The van der Waals surface area contributed by atoms with E-state index in [4.69, 9.17) is 11.2 Å². The number of thiazole rings is 1. The van der Waals surface area contributed by atoms with E-state index < -0.39 is 6.85 Å². The zero-order chi connectivity index (χ0) is 8.65. The van der Waals surface area contributed by atoms with E-state index in [1.54, 1.807) is 0 Å². The highest BCUT2D eigenvalue weighted by Gasteiger charge is 1.86. The number of nitrogens with zero attached hydrogens (tertiary/aromatic N) is 1. The fourth-order valence-corrected chi connectivity index (χ4v) is 0.640. The summed E-state index contributed by atoms with van der Waals surface area (Å²) in [6.07, 6.45) is 0. The largest absolute Gasteiger partial charge is 0.375 e. The molecular weight excluding hydrogens is 108 g/mol. The lowest BCUT2D eigenvalue weighted by molar-refractivity contribution is 1.27. The number of rotatable bonds is 0. The normalized spacial score (nSPS) is 19.4. The molecule has 0 saturated carbocycles. The summed E-state index contributed by atoms with van der Waals surface area (Å²) in [7, 11) is 0. The minimum atomic E-state index is -2.31. The van der Waals surface area contributed by atoms with E-state index in [1.165, 1.54) is 0 Å². The first-order chi connectivity index (χ1) is 4.91. The van der Waals surface area contributed by atoms with Crippen LogP contribution in [0.2, 0.25) is 0 Å². The van der Waals surface area contributed by atoms with Crippen LogP contribution < -0.4 is 5.73 Å². The topological polar surface area (TPSA) is 38.9 Å². The van der Waals surface area contributed by atoms with Crippen LogP contribution in [0.4, 0.5) is 5.13 Å². The van der Waals surface area contributed by atoms with Crippen molar-refractivity contribution in [3.63, 3.8) is 0 Å². The Labute approximate surface area is 51.6 Å². The minimum Gasteiger partial charge on any atom is -0.375 e. The molecule has 1 aromatic heterocycles. The first-order valence-electron chi connectivity index (χ1n) is 3.64. The molecule has 2 nitrogen and oxygen atoms in total. The van der Waals surface area contributed by atoms with Gasteiger partial charge in [-0.2, -0.15) is 0 Å².